The van der Waals surface area contributed by atoms with Gasteiger partial charge in [0.15, 0.2) is 0 Å². The number of ether oxygens (including phenoxy) is 1. The highest BCUT2D eigenvalue weighted by atomic mass is 16.5. The minimum atomic E-state index is -0.0866. The molecule has 4 aliphatic rings. The second kappa shape index (κ2) is 5.49. The molecule has 2 heteroatoms. The summed E-state index contributed by atoms with van der Waals surface area (Å²) in [7, 11) is 0. The van der Waals surface area contributed by atoms with Crippen LogP contribution in [0.1, 0.15) is 85.0 Å². The van der Waals surface area contributed by atoms with Gasteiger partial charge in [0.25, 0.3) is 0 Å². The molecule has 0 unspecified atom stereocenters. The van der Waals surface area contributed by atoms with Crippen molar-refractivity contribution in [3.63, 3.8) is 0 Å². The second-order valence-corrected chi connectivity index (χ2v) is 9.75. The van der Waals surface area contributed by atoms with Gasteiger partial charge < -0.3 is 4.74 Å². The summed E-state index contributed by atoms with van der Waals surface area (Å²) in [5, 5.41) is 0. The fourth-order valence-corrected chi connectivity index (χ4v) is 7.64. The third kappa shape index (κ3) is 2.46. The van der Waals surface area contributed by atoms with E-state index in [1.54, 1.807) is 6.92 Å². The molecule has 4 fully saturated rings. The summed E-state index contributed by atoms with van der Waals surface area (Å²) in [5.74, 6) is 3.61. The molecule has 4 rings (SSSR count). The van der Waals surface area contributed by atoms with Crippen molar-refractivity contribution in [1.82, 2.24) is 0 Å². The van der Waals surface area contributed by atoms with Crippen molar-refractivity contribution in [2.24, 2.45) is 34.5 Å². The minimum Gasteiger partial charge on any atom is -0.463 e. The molecule has 0 saturated heterocycles. The molecule has 0 aromatic carbocycles. The summed E-state index contributed by atoms with van der Waals surface area (Å²) in [4.78, 5) is 11.4. The van der Waals surface area contributed by atoms with Gasteiger partial charge in [-0.2, -0.15) is 0 Å². The van der Waals surface area contributed by atoms with Gasteiger partial charge in [0.2, 0.25) is 0 Å². The highest BCUT2D eigenvalue weighted by Gasteiger charge is 2.58. The Bertz CT molecular complexity index is 486. The Morgan fingerprint density at radius 3 is 2.52 bits per heavy atom. The molecule has 0 radical (unpaired) electrons. The van der Waals surface area contributed by atoms with E-state index in [-0.39, 0.29) is 12.1 Å². The lowest BCUT2D eigenvalue weighted by Gasteiger charge is -2.60. The van der Waals surface area contributed by atoms with Crippen LogP contribution < -0.4 is 0 Å². The fourth-order valence-electron chi connectivity index (χ4n) is 7.64. The molecule has 0 heterocycles. The summed E-state index contributed by atoms with van der Waals surface area (Å²) in [6.07, 6.45) is 13.9. The highest BCUT2D eigenvalue weighted by Crippen LogP contribution is 2.66. The maximum Gasteiger partial charge on any atom is 0.302 e. The Balaban J connectivity index is 1.57. The number of fused-ring (bicyclic) bond motifs is 5. The van der Waals surface area contributed by atoms with Crippen LogP contribution in [0.15, 0.2) is 0 Å². The zero-order valence-corrected chi connectivity index (χ0v) is 15.3. The van der Waals surface area contributed by atoms with Crippen LogP contribution in [-0.4, -0.2) is 12.1 Å². The van der Waals surface area contributed by atoms with Gasteiger partial charge in [-0.25, -0.2) is 0 Å². The van der Waals surface area contributed by atoms with Crippen molar-refractivity contribution in [2.45, 2.75) is 91.1 Å². The van der Waals surface area contributed by atoms with Crippen LogP contribution in [0, 0.1) is 34.5 Å². The third-order valence-corrected chi connectivity index (χ3v) is 8.68. The average Bonchev–Trinajstić information content (AvgIpc) is 2.87. The molecular formula is C21H34O2. The van der Waals surface area contributed by atoms with Gasteiger partial charge in [-0.15, -0.1) is 0 Å². The van der Waals surface area contributed by atoms with E-state index >= 15 is 0 Å². The molecule has 130 valence electrons. The predicted octanol–water partition coefficient (Wildman–Crippen LogP) is 5.35. The van der Waals surface area contributed by atoms with E-state index in [1.165, 1.54) is 51.4 Å². The summed E-state index contributed by atoms with van der Waals surface area (Å²) in [6.45, 7) is 6.71. The number of hydrogen-bond acceptors (Lipinski definition) is 2. The van der Waals surface area contributed by atoms with E-state index < -0.39 is 0 Å². The molecule has 2 nitrogen and oxygen atoms in total. The van der Waals surface area contributed by atoms with Gasteiger partial charge >= 0.3 is 5.97 Å². The molecule has 0 aliphatic heterocycles. The summed E-state index contributed by atoms with van der Waals surface area (Å²) >= 11 is 0. The van der Waals surface area contributed by atoms with Crippen LogP contribution in [0.3, 0.4) is 0 Å². The van der Waals surface area contributed by atoms with E-state index in [0.717, 1.165) is 36.5 Å². The van der Waals surface area contributed by atoms with Crippen LogP contribution in [0.2, 0.25) is 0 Å². The zero-order chi connectivity index (χ0) is 16.2. The summed E-state index contributed by atoms with van der Waals surface area (Å²) < 4.78 is 5.65. The van der Waals surface area contributed by atoms with Crippen LogP contribution in [-0.2, 0) is 9.53 Å². The lowest BCUT2D eigenvalue weighted by Crippen LogP contribution is -2.53. The molecule has 0 aromatic rings. The maximum absolute atomic E-state index is 11.4. The molecule has 7 atom stereocenters. The van der Waals surface area contributed by atoms with Crippen LogP contribution in [0.4, 0.5) is 0 Å². The quantitative estimate of drug-likeness (QED) is 0.609. The number of esters is 1. The van der Waals surface area contributed by atoms with Crippen molar-refractivity contribution < 1.29 is 9.53 Å². The third-order valence-electron chi connectivity index (χ3n) is 8.68. The number of carbonyl (C=O) groups excluding carboxylic acids is 1. The van der Waals surface area contributed by atoms with Gasteiger partial charge in [0.05, 0.1) is 0 Å². The highest BCUT2D eigenvalue weighted by molar-refractivity contribution is 5.66. The number of carbonyl (C=O) groups is 1. The first-order valence-electron chi connectivity index (χ1n) is 10.1. The summed E-state index contributed by atoms with van der Waals surface area (Å²) in [6, 6.07) is 0. The predicted molar refractivity (Wildman–Crippen MR) is 91.9 cm³/mol. The largest absolute Gasteiger partial charge is 0.463 e. The van der Waals surface area contributed by atoms with Crippen molar-refractivity contribution in [1.29, 1.82) is 0 Å². The van der Waals surface area contributed by atoms with Crippen LogP contribution in [0.5, 0.6) is 0 Å². The molecule has 4 aliphatic carbocycles. The first-order chi connectivity index (χ1) is 10.9. The Kier molecular flexibility index (Phi) is 3.81. The van der Waals surface area contributed by atoms with Crippen molar-refractivity contribution >= 4 is 5.97 Å². The van der Waals surface area contributed by atoms with Crippen LogP contribution >= 0.6 is 0 Å². The summed E-state index contributed by atoms with van der Waals surface area (Å²) in [5.41, 5.74) is 1.07. The van der Waals surface area contributed by atoms with Crippen molar-refractivity contribution in [2.75, 3.05) is 0 Å². The lowest BCUT2D eigenvalue weighted by atomic mass is 9.45. The van der Waals surface area contributed by atoms with Gasteiger partial charge in [0.1, 0.15) is 6.10 Å². The second-order valence-electron chi connectivity index (χ2n) is 9.75. The normalized spacial score (nSPS) is 52.2. The first-order valence-corrected chi connectivity index (χ1v) is 10.1. The standard InChI is InChI=1S/C21H34O2/c1-14(22)23-16-8-6-15-7-9-17-18-5-4-11-20(18,2)12-10-19(17)21(15,3)13-16/h15-19H,4-13H2,1-3H3/t15-,16-,17-,18+,19-,20-,21-/m1/s1. The molecule has 0 amide bonds. The van der Waals surface area contributed by atoms with E-state index in [4.69, 9.17) is 4.74 Å². The van der Waals surface area contributed by atoms with Gasteiger partial charge in [-0.05, 0) is 92.3 Å². The Hall–Kier alpha value is -0.530. The van der Waals surface area contributed by atoms with E-state index in [1.807, 2.05) is 0 Å². The smallest absolute Gasteiger partial charge is 0.302 e. The van der Waals surface area contributed by atoms with Crippen LogP contribution in [0.25, 0.3) is 0 Å². The SMILES string of the molecule is CC(=O)O[C@@H]1CC[C@@H]2CC[C@H]3[C@@H](CC[C@@]4(C)CCC[C@@H]34)[C@]2(C)C1. The Labute approximate surface area is 141 Å². The number of rotatable bonds is 1. The van der Waals surface area contributed by atoms with Gasteiger partial charge in [-0.1, -0.05) is 20.3 Å². The maximum atomic E-state index is 11.4. The van der Waals surface area contributed by atoms with Gasteiger partial charge in [0, 0.05) is 6.92 Å². The molecule has 0 bridgehead atoms. The lowest BCUT2D eigenvalue weighted by molar-refractivity contribution is -0.161. The Morgan fingerprint density at radius 2 is 1.74 bits per heavy atom. The van der Waals surface area contributed by atoms with E-state index in [0.29, 0.717) is 10.8 Å². The molecule has 4 saturated carbocycles. The van der Waals surface area contributed by atoms with Gasteiger partial charge in [-0.3, -0.25) is 4.79 Å². The first kappa shape index (κ1) is 16.0. The Morgan fingerprint density at radius 1 is 0.957 bits per heavy atom. The average molecular weight is 319 g/mol. The van der Waals surface area contributed by atoms with E-state index in [2.05, 4.69) is 13.8 Å². The zero-order valence-electron chi connectivity index (χ0n) is 15.3. The monoisotopic (exact) mass is 318 g/mol. The molecule has 0 aromatic heterocycles. The minimum absolute atomic E-state index is 0.0866. The van der Waals surface area contributed by atoms with Crippen molar-refractivity contribution in [3.8, 4) is 0 Å². The molecule has 0 spiro atoms. The van der Waals surface area contributed by atoms with Crippen molar-refractivity contribution in [3.05, 3.63) is 0 Å². The van der Waals surface area contributed by atoms with E-state index in [9.17, 15) is 4.79 Å². The number of hydrogen-bond donors (Lipinski definition) is 0. The molecular weight excluding hydrogens is 284 g/mol. The fraction of sp³-hybridized carbons (Fsp3) is 0.952. The molecule has 23 heavy (non-hydrogen) atoms. The molecule has 0 N–H and O–H groups in total. The topological polar surface area (TPSA) is 26.3 Å².